The van der Waals surface area contributed by atoms with Crippen molar-refractivity contribution in [2.75, 3.05) is 24.7 Å². The van der Waals surface area contributed by atoms with Crippen molar-refractivity contribution in [1.82, 2.24) is 9.88 Å². The maximum absolute atomic E-state index is 12.4. The van der Waals surface area contributed by atoms with Crippen LogP contribution in [0.1, 0.15) is 16.9 Å². The minimum atomic E-state index is -3.10. The highest BCUT2D eigenvalue weighted by molar-refractivity contribution is 7.91. The number of aliphatic hydroxyl groups is 1. The van der Waals surface area contributed by atoms with E-state index in [0.29, 0.717) is 6.42 Å². The smallest absolute Gasteiger partial charge is 0.272 e. The van der Waals surface area contributed by atoms with Crippen LogP contribution in [0.15, 0.2) is 18.2 Å². The van der Waals surface area contributed by atoms with Gasteiger partial charge in [-0.25, -0.2) is 13.4 Å². The highest BCUT2D eigenvalue weighted by atomic mass is 35.5. The van der Waals surface area contributed by atoms with E-state index in [9.17, 15) is 13.2 Å². The van der Waals surface area contributed by atoms with Crippen LogP contribution < -0.4 is 0 Å². The summed E-state index contributed by atoms with van der Waals surface area (Å²) >= 11 is 5.75. The average Bonchev–Trinajstić information content (AvgIpc) is 2.75. The second kappa shape index (κ2) is 6.07. The van der Waals surface area contributed by atoms with Gasteiger partial charge in [-0.15, -0.1) is 0 Å². The van der Waals surface area contributed by atoms with Gasteiger partial charge in [0, 0.05) is 12.6 Å². The lowest BCUT2D eigenvalue weighted by Crippen LogP contribution is -2.43. The Morgan fingerprint density at radius 3 is 2.80 bits per heavy atom. The molecule has 1 N–H and O–H groups in total. The quantitative estimate of drug-likeness (QED) is 0.810. The van der Waals surface area contributed by atoms with Crippen LogP contribution in [0.4, 0.5) is 0 Å². The number of aromatic nitrogens is 1. The molecule has 2 rings (SSSR count). The van der Waals surface area contributed by atoms with E-state index in [4.69, 9.17) is 16.7 Å². The zero-order valence-electron chi connectivity index (χ0n) is 10.7. The van der Waals surface area contributed by atoms with Gasteiger partial charge in [0.05, 0.1) is 18.1 Å². The summed E-state index contributed by atoms with van der Waals surface area (Å²) in [5.74, 6) is -0.418. The molecular formula is C12H15ClN2O4S. The van der Waals surface area contributed by atoms with E-state index in [1.54, 1.807) is 12.1 Å². The molecule has 1 aromatic rings. The SMILES string of the molecule is O=C(c1cccc(Cl)n1)N(CCO)C1CCS(=O)(=O)C1. The molecule has 20 heavy (non-hydrogen) atoms. The number of carbonyl (C=O) groups excluding carboxylic acids is 1. The summed E-state index contributed by atoms with van der Waals surface area (Å²) < 4.78 is 23.1. The Hall–Kier alpha value is -1.18. The molecule has 1 amide bonds. The third-order valence-corrected chi connectivity index (χ3v) is 5.15. The van der Waals surface area contributed by atoms with E-state index < -0.39 is 21.8 Å². The number of amides is 1. The van der Waals surface area contributed by atoms with Crippen LogP contribution in [0, 0.1) is 0 Å². The number of sulfone groups is 1. The zero-order chi connectivity index (χ0) is 14.8. The summed E-state index contributed by atoms with van der Waals surface area (Å²) in [5.41, 5.74) is 0.148. The number of nitrogens with zero attached hydrogens (tertiary/aromatic N) is 2. The van der Waals surface area contributed by atoms with Gasteiger partial charge in [-0.05, 0) is 18.6 Å². The van der Waals surface area contributed by atoms with Crippen LogP contribution in [0.25, 0.3) is 0 Å². The topological polar surface area (TPSA) is 87.6 Å². The molecule has 1 aliphatic heterocycles. The van der Waals surface area contributed by atoms with Crippen molar-refractivity contribution in [3.05, 3.63) is 29.0 Å². The van der Waals surface area contributed by atoms with Crippen molar-refractivity contribution >= 4 is 27.3 Å². The molecule has 1 fully saturated rings. The third kappa shape index (κ3) is 3.47. The molecule has 0 aromatic carbocycles. The fraction of sp³-hybridized carbons (Fsp3) is 0.500. The molecule has 110 valence electrons. The van der Waals surface area contributed by atoms with Gasteiger partial charge in [-0.1, -0.05) is 17.7 Å². The number of hydrogen-bond donors (Lipinski definition) is 1. The number of hydrogen-bond acceptors (Lipinski definition) is 5. The van der Waals surface area contributed by atoms with Gasteiger partial charge in [0.25, 0.3) is 5.91 Å². The Balaban J connectivity index is 2.22. The largest absolute Gasteiger partial charge is 0.395 e. The van der Waals surface area contributed by atoms with Crippen LogP contribution in [-0.4, -0.2) is 60.0 Å². The highest BCUT2D eigenvalue weighted by Crippen LogP contribution is 2.19. The number of halogens is 1. The van der Waals surface area contributed by atoms with Crippen LogP contribution in [0.3, 0.4) is 0 Å². The van der Waals surface area contributed by atoms with Crippen LogP contribution >= 0.6 is 11.6 Å². The fourth-order valence-corrected chi connectivity index (χ4v) is 4.15. The Morgan fingerprint density at radius 1 is 1.50 bits per heavy atom. The van der Waals surface area contributed by atoms with Gasteiger partial charge in [0.2, 0.25) is 0 Å². The van der Waals surface area contributed by atoms with E-state index in [1.807, 2.05) is 0 Å². The van der Waals surface area contributed by atoms with Gasteiger partial charge in [0.1, 0.15) is 10.8 Å². The molecule has 0 bridgehead atoms. The van der Waals surface area contributed by atoms with Gasteiger partial charge in [0.15, 0.2) is 9.84 Å². The lowest BCUT2D eigenvalue weighted by atomic mass is 10.2. The van der Waals surface area contributed by atoms with Gasteiger partial charge in [-0.3, -0.25) is 4.79 Å². The summed E-state index contributed by atoms with van der Waals surface area (Å²) in [4.78, 5) is 17.7. The minimum Gasteiger partial charge on any atom is -0.395 e. The molecule has 1 aromatic heterocycles. The molecule has 6 nitrogen and oxygen atoms in total. The lowest BCUT2D eigenvalue weighted by molar-refractivity contribution is 0.0649. The van der Waals surface area contributed by atoms with E-state index in [0.717, 1.165) is 0 Å². The van der Waals surface area contributed by atoms with Crippen molar-refractivity contribution in [1.29, 1.82) is 0 Å². The van der Waals surface area contributed by atoms with Gasteiger partial charge >= 0.3 is 0 Å². The molecular weight excluding hydrogens is 304 g/mol. The van der Waals surface area contributed by atoms with Crippen molar-refractivity contribution in [2.24, 2.45) is 0 Å². The maximum atomic E-state index is 12.4. The normalized spacial score (nSPS) is 20.8. The monoisotopic (exact) mass is 318 g/mol. The highest BCUT2D eigenvalue weighted by Gasteiger charge is 2.35. The first-order chi connectivity index (χ1) is 9.43. The predicted molar refractivity (Wildman–Crippen MR) is 74.4 cm³/mol. The number of carbonyl (C=O) groups is 1. The van der Waals surface area contributed by atoms with Crippen molar-refractivity contribution in [3.63, 3.8) is 0 Å². The molecule has 2 heterocycles. The van der Waals surface area contributed by atoms with E-state index in [-0.39, 0.29) is 35.5 Å². The first kappa shape index (κ1) is 15.2. The van der Waals surface area contributed by atoms with Crippen molar-refractivity contribution < 1.29 is 18.3 Å². The molecule has 1 unspecified atom stereocenters. The Kier molecular flexibility index (Phi) is 4.62. The average molecular weight is 319 g/mol. The molecule has 1 saturated heterocycles. The number of aliphatic hydroxyl groups excluding tert-OH is 1. The molecule has 0 saturated carbocycles. The van der Waals surface area contributed by atoms with Crippen LogP contribution in [0.5, 0.6) is 0 Å². The zero-order valence-corrected chi connectivity index (χ0v) is 12.3. The van der Waals surface area contributed by atoms with Crippen molar-refractivity contribution in [3.8, 4) is 0 Å². The fourth-order valence-electron chi connectivity index (χ4n) is 2.25. The molecule has 1 atom stereocenters. The van der Waals surface area contributed by atoms with Crippen LogP contribution in [-0.2, 0) is 9.84 Å². The Bertz CT molecular complexity index is 605. The van der Waals surface area contributed by atoms with E-state index >= 15 is 0 Å². The van der Waals surface area contributed by atoms with Crippen molar-refractivity contribution in [2.45, 2.75) is 12.5 Å². The molecule has 0 spiro atoms. The molecule has 0 radical (unpaired) electrons. The van der Waals surface area contributed by atoms with Gasteiger partial charge in [-0.2, -0.15) is 0 Å². The summed E-state index contributed by atoms with van der Waals surface area (Å²) in [6.07, 6.45) is 0.384. The standard InChI is InChI=1S/C12H15ClN2O4S/c13-11-3-1-2-10(14-11)12(17)15(5-6-16)9-4-7-20(18,19)8-9/h1-3,9,16H,4-8H2. The molecule has 8 heteroatoms. The Labute approximate surface area is 122 Å². The van der Waals surface area contributed by atoms with Gasteiger partial charge < -0.3 is 10.0 Å². The summed E-state index contributed by atoms with van der Waals surface area (Å²) in [6.45, 7) is -0.157. The maximum Gasteiger partial charge on any atom is 0.272 e. The van der Waals surface area contributed by atoms with Crippen LogP contribution in [0.2, 0.25) is 5.15 Å². The van der Waals surface area contributed by atoms with E-state index in [2.05, 4.69) is 4.98 Å². The molecule has 0 aliphatic carbocycles. The number of rotatable bonds is 4. The Morgan fingerprint density at radius 2 is 2.25 bits per heavy atom. The molecule has 1 aliphatic rings. The summed E-state index contributed by atoms with van der Waals surface area (Å²) in [7, 11) is -3.10. The summed E-state index contributed by atoms with van der Waals surface area (Å²) in [5, 5.41) is 9.28. The predicted octanol–water partition coefficient (Wildman–Crippen LogP) is 0.357. The second-order valence-electron chi connectivity index (χ2n) is 4.62. The third-order valence-electron chi connectivity index (χ3n) is 3.19. The number of pyridine rings is 1. The first-order valence-electron chi connectivity index (χ1n) is 6.18. The first-order valence-corrected chi connectivity index (χ1v) is 8.38. The lowest BCUT2D eigenvalue weighted by Gasteiger charge is -2.27. The summed E-state index contributed by atoms with van der Waals surface area (Å²) in [6, 6.07) is 4.25. The minimum absolute atomic E-state index is 0.0653. The second-order valence-corrected chi connectivity index (χ2v) is 7.24. The van der Waals surface area contributed by atoms with E-state index in [1.165, 1.54) is 11.0 Å².